The first-order valence-corrected chi connectivity index (χ1v) is 9.64. The number of likely N-dealkylation sites (N-methyl/N-ethyl adjacent to an activating group) is 1. The quantitative estimate of drug-likeness (QED) is 0.622. The molecule has 158 valence electrons. The molecule has 1 aliphatic rings. The van der Waals surface area contributed by atoms with E-state index in [1.165, 1.54) is 0 Å². The number of methoxy groups -OCH3 is 2. The predicted octanol–water partition coefficient (Wildman–Crippen LogP) is 3.07. The van der Waals surface area contributed by atoms with Crippen LogP contribution in [0.1, 0.15) is 18.1 Å². The van der Waals surface area contributed by atoms with Gasteiger partial charge in [0.15, 0.2) is 18.1 Å². The Kier molecular flexibility index (Phi) is 6.95. The maximum Gasteiger partial charge on any atom is 0.338 e. The second-order valence-corrected chi connectivity index (χ2v) is 6.67. The summed E-state index contributed by atoms with van der Waals surface area (Å²) in [5.74, 6) is 1.10. The van der Waals surface area contributed by atoms with Gasteiger partial charge in [-0.3, -0.25) is 4.79 Å². The summed E-state index contributed by atoms with van der Waals surface area (Å²) in [7, 11) is 3.13. The third-order valence-corrected chi connectivity index (χ3v) is 4.78. The van der Waals surface area contributed by atoms with Gasteiger partial charge in [-0.2, -0.15) is 0 Å². The van der Waals surface area contributed by atoms with Crippen molar-refractivity contribution < 1.29 is 28.5 Å². The molecule has 0 saturated heterocycles. The number of rotatable bonds is 8. The van der Waals surface area contributed by atoms with Crippen LogP contribution in [0, 0.1) is 0 Å². The highest BCUT2D eigenvalue weighted by molar-refractivity contribution is 5.96. The topological polar surface area (TPSA) is 74.3 Å². The van der Waals surface area contributed by atoms with Gasteiger partial charge in [0.2, 0.25) is 0 Å². The van der Waals surface area contributed by atoms with Gasteiger partial charge in [-0.1, -0.05) is 24.3 Å². The number of ether oxygens (including phenoxy) is 4. The molecular formula is C23H25NO6. The largest absolute Gasteiger partial charge is 0.493 e. The van der Waals surface area contributed by atoms with Crippen molar-refractivity contribution in [3.8, 4) is 17.2 Å². The second kappa shape index (κ2) is 9.82. The highest BCUT2D eigenvalue weighted by atomic mass is 16.5. The van der Waals surface area contributed by atoms with Crippen LogP contribution in [0.25, 0.3) is 6.08 Å². The molecule has 0 atom stereocenters. The Morgan fingerprint density at radius 2 is 1.83 bits per heavy atom. The van der Waals surface area contributed by atoms with Crippen LogP contribution >= 0.6 is 0 Å². The van der Waals surface area contributed by atoms with Gasteiger partial charge < -0.3 is 23.8 Å². The molecule has 0 fully saturated rings. The maximum absolute atomic E-state index is 12.6. The monoisotopic (exact) mass is 411 g/mol. The van der Waals surface area contributed by atoms with Crippen LogP contribution in [-0.4, -0.2) is 50.8 Å². The number of nitrogens with zero attached hydrogens (tertiary/aromatic N) is 1. The van der Waals surface area contributed by atoms with Crippen LogP contribution in [0.4, 0.5) is 0 Å². The molecule has 1 aliphatic heterocycles. The Labute approximate surface area is 175 Å². The summed E-state index contributed by atoms with van der Waals surface area (Å²) in [5, 5.41) is 0. The molecule has 2 aromatic rings. The molecule has 2 aromatic carbocycles. The molecule has 1 amide bonds. The van der Waals surface area contributed by atoms with E-state index in [9.17, 15) is 9.59 Å². The van der Waals surface area contributed by atoms with Gasteiger partial charge in [0.25, 0.3) is 5.91 Å². The summed E-state index contributed by atoms with van der Waals surface area (Å²) in [4.78, 5) is 26.6. The van der Waals surface area contributed by atoms with Crippen molar-refractivity contribution in [2.75, 3.05) is 34.0 Å². The fourth-order valence-corrected chi connectivity index (χ4v) is 3.12. The number of carbonyl (C=O) groups is 2. The maximum atomic E-state index is 12.6. The number of hydrogen-bond donors (Lipinski definition) is 0. The first-order valence-electron chi connectivity index (χ1n) is 9.64. The van der Waals surface area contributed by atoms with Crippen LogP contribution < -0.4 is 14.2 Å². The van der Waals surface area contributed by atoms with Gasteiger partial charge in [0.05, 0.1) is 19.8 Å². The first kappa shape index (κ1) is 21.2. The molecule has 0 aromatic heterocycles. The average molecular weight is 411 g/mol. The lowest BCUT2D eigenvalue weighted by molar-refractivity contribution is -0.149. The summed E-state index contributed by atoms with van der Waals surface area (Å²) in [5.41, 5.74) is 2.07. The Morgan fingerprint density at radius 1 is 1.07 bits per heavy atom. The zero-order valence-electron chi connectivity index (χ0n) is 17.3. The van der Waals surface area contributed by atoms with Crippen molar-refractivity contribution in [2.45, 2.75) is 13.5 Å². The number of hydrogen-bond acceptors (Lipinski definition) is 6. The van der Waals surface area contributed by atoms with Crippen LogP contribution in [0.15, 0.2) is 48.0 Å². The van der Waals surface area contributed by atoms with E-state index >= 15 is 0 Å². The molecule has 0 saturated carbocycles. The standard InChI is InChI=1S/C23H25NO6/c1-4-24(13-16-9-10-20(27-2)21(11-16)28-3)22(25)15-30-23(26)18-12-17-7-5-6-8-19(17)29-14-18/h5-12H,4,13-15H2,1-3H3. The van der Waals surface area contributed by atoms with Crippen molar-refractivity contribution in [3.63, 3.8) is 0 Å². The van der Waals surface area contributed by atoms with E-state index in [4.69, 9.17) is 18.9 Å². The zero-order valence-corrected chi connectivity index (χ0v) is 17.3. The van der Waals surface area contributed by atoms with Gasteiger partial charge in [-0.25, -0.2) is 4.79 Å². The molecule has 30 heavy (non-hydrogen) atoms. The normalized spacial score (nSPS) is 12.2. The van der Waals surface area contributed by atoms with Gasteiger partial charge in [0, 0.05) is 18.7 Å². The fraction of sp³-hybridized carbons (Fsp3) is 0.304. The Bertz CT molecular complexity index is 952. The van der Waals surface area contributed by atoms with Gasteiger partial charge in [0.1, 0.15) is 12.4 Å². The number of carbonyl (C=O) groups excluding carboxylic acids is 2. The van der Waals surface area contributed by atoms with Crippen molar-refractivity contribution in [1.82, 2.24) is 4.90 Å². The summed E-state index contributed by atoms with van der Waals surface area (Å²) < 4.78 is 21.3. The first-order chi connectivity index (χ1) is 14.5. The molecule has 0 unspecified atom stereocenters. The number of fused-ring (bicyclic) bond motifs is 1. The molecule has 0 spiro atoms. The van der Waals surface area contributed by atoms with Crippen LogP contribution in [0.3, 0.4) is 0 Å². The summed E-state index contributed by atoms with van der Waals surface area (Å²) in [6, 6.07) is 12.9. The molecule has 0 N–H and O–H groups in total. The number of para-hydroxylation sites is 1. The molecule has 3 rings (SSSR count). The summed E-state index contributed by atoms with van der Waals surface area (Å²) in [6.45, 7) is 2.50. The van der Waals surface area contributed by atoms with Crippen molar-refractivity contribution in [3.05, 3.63) is 59.2 Å². The highest BCUT2D eigenvalue weighted by Crippen LogP contribution is 2.28. The molecule has 0 radical (unpaired) electrons. The van der Waals surface area contributed by atoms with Crippen molar-refractivity contribution >= 4 is 18.0 Å². The minimum atomic E-state index is -0.556. The van der Waals surface area contributed by atoms with E-state index in [2.05, 4.69) is 0 Å². The lowest BCUT2D eigenvalue weighted by Gasteiger charge is -2.22. The second-order valence-electron chi connectivity index (χ2n) is 6.67. The van der Waals surface area contributed by atoms with Crippen molar-refractivity contribution in [2.24, 2.45) is 0 Å². The Balaban J connectivity index is 1.59. The van der Waals surface area contributed by atoms with Crippen LogP contribution in [0.5, 0.6) is 17.2 Å². The molecule has 0 aliphatic carbocycles. The third-order valence-electron chi connectivity index (χ3n) is 4.78. The number of benzene rings is 2. The zero-order chi connectivity index (χ0) is 21.5. The lowest BCUT2D eigenvalue weighted by atomic mass is 10.1. The minimum absolute atomic E-state index is 0.118. The van der Waals surface area contributed by atoms with E-state index in [0.717, 1.165) is 16.9 Å². The fourth-order valence-electron chi connectivity index (χ4n) is 3.12. The lowest BCUT2D eigenvalue weighted by Crippen LogP contribution is -2.34. The van der Waals surface area contributed by atoms with Crippen molar-refractivity contribution in [1.29, 1.82) is 0 Å². The summed E-state index contributed by atoms with van der Waals surface area (Å²) in [6.07, 6.45) is 1.73. The van der Waals surface area contributed by atoms with Crippen LogP contribution in [0.2, 0.25) is 0 Å². The van der Waals surface area contributed by atoms with E-state index in [1.807, 2.05) is 43.3 Å². The number of amides is 1. The predicted molar refractivity (Wildman–Crippen MR) is 112 cm³/mol. The molecule has 0 bridgehead atoms. The third kappa shape index (κ3) is 4.92. The number of esters is 1. The Hall–Kier alpha value is -3.48. The van der Waals surface area contributed by atoms with E-state index in [-0.39, 0.29) is 19.1 Å². The highest BCUT2D eigenvalue weighted by Gasteiger charge is 2.21. The molecule has 7 nitrogen and oxygen atoms in total. The van der Waals surface area contributed by atoms with Gasteiger partial charge >= 0.3 is 5.97 Å². The Morgan fingerprint density at radius 3 is 2.57 bits per heavy atom. The SMILES string of the molecule is CCN(Cc1ccc(OC)c(OC)c1)C(=O)COC(=O)C1=Cc2ccccc2OC1. The minimum Gasteiger partial charge on any atom is -0.493 e. The smallest absolute Gasteiger partial charge is 0.338 e. The summed E-state index contributed by atoms with van der Waals surface area (Å²) >= 11 is 0. The molecule has 7 heteroatoms. The molecular weight excluding hydrogens is 386 g/mol. The van der Waals surface area contributed by atoms with E-state index in [1.54, 1.807) is 31.3 Å². The van der Waals surface area contributed by atoms with Gasteiger partial charge in [-0.05, 0) is 36.8 Å². The molecule has 1 heterocycles. The van der Waals surface area contributed by atoms with Crippen LogP contribution in [-0.2, 0) is 20.9 Å². The average Bonchev–Trinajstić information content (AvgIpc) is 2.80. The van der Waals surface area contributed by atoms with Gasteiger partial charge in [-0.15, -0.1) is 0 Å². The van der Waals surface area contributed by atoms with E-state index < -0.39 is 5.97 Å². The van der Waals surface area contributed by atoms with E-state index in [0.29, 0.717) is 30.2 Å².